The van der Waals surface area contributed by atoms with E-state index in [0.717, 1.165) is 10.6 Å². The second-order valence-corrected chi connectivity index (χ2v) is 6.69. The third-order valence-corrected chi connectivity index (χ3v) is 4.76. The Morgan fingerprint density at radius 1 is 1.25 bits per heavy atom. The number of rotatable bonds is 6. The molecule has 0 fully saturated rings. The maximum atomic E-state index is 12.4. The van der Waals surface area contributed by atoms with Crippen LogP contribution in [0.4, 0.5) is 0 Å². The molecule has 124 valence electrons. The number of likely N-dealkylation sites (N-methyl/N-ethyl adjacent to an activating group) is 1. The molecule has 6 heteroatoms. The van der Waals surface area contributed by atoms with Gasteiger partial charge in [-0.15, -0.1) is 11.3 Å². The van der Waals surface area contributed by atoms with Crippen molar-refractivity contribution in [1.82, 2.24) is 20.4 Å². The number of H-pyrrole nitrogens is 1. The van der Waals surface area contributed by atoms with E-state index >= 15 is 0 Å². The molecule has 0 aliphatic carbocycles. The van der Waals surface area contributed by atoms with E-state index in [4.69, 9.17) is 0 Å². The van der Waals surface area contributed by atoms with Crippen molar-refractivity contribution in [2.75, 3.05) is 20.6 Å². The van der Waals surface area contributed by atoms with Crippen LogP contribution in [0, 0.1) is 0 Å². The second kappa shape index (κ2) is 7.42. The van der Waals surface area contributed by atoms with Crippen LogP contribution in [0.15, 0.2) is 53.9 Å². The molecule has 5 nitrogen and oxygen atoms in total. The van der Waals surface area contributed by atoms with E-state index in [2.05, 4.69) is 32.5 Å². The fraction of sp³-hybridized carbons (Fsp3) is 0.222. The summed E-state index contributed by atoms with van der Waals surface area (Å²) in [5, 5.41) is 12.0. The molecule has 3 rings (SSSR count). The molecule has 2 N–H and O–H groups in total. The monoisotopic (exact) mass is 340 g/mol. The third kappa shape index (κ3) is 3.72. The average Bonchev–Trinajstić information content (AvgIpc) is 3.27. The number of nitrogens with one attached hydrogen (secondary N) is 2. The zero-order valence-corrected chi connectivity index (χ0v) is 14.5. The lowest BCUT2D eigenvalue weighted by Gasteiger charge is -2.24. The predicted molar refractivity (Wildman–Crippen MR) is 97.1 cm³/mol. The first-order chi connectivity index (χ1) is 11.6. The Kier molecular flexibility index (Phi) is 5.08. The summed E-state index contributed by atoms with van der Waals surface area (Å²) >= 11 is 1.61. The number of carbonyl (C=O) groups excluding carboxylic acids is 1. The van der Waals surface area contributed by atoms with E-state index in [1.807, 2.05) is 49.8 Å². The van der Waals surface area contributed by atoms with E-state index < -0.39 is 0 Å². The fourth-order valence-electron chi connectivity index (χ4n) is 2.55. The first-order valence-corrected chi connectivity index (χ1v) is 8.62. The van der Waals surface area contributed by atoms with Crippen LogP contribution in [0.2, 0.25) is 0 Å². The Labute approximate surface area is 145 Å². The predicted octanol–water partition coefficient (Wildman–Crippen LogP) is 3.17. The molecular weight excluding hydrogens is 320 g/mol. The molecule has 2 heterocycles. The summed E-state index contributed by atoms with van der Waals surface area (Å²) in [4.78, 5) is 15.5. The molecule has 3 aromatic rings. The lowest BCUT2D eigenvalue weighted by atomic mass is 10.1. The molecule has 1 amide bonds. The van der Waals surface area contributed by atoms with Gasteiger partial charge in [0.15, 0.2) is 5.69 Å². The van der Waals surface area contributed by atoms with Crippen LogP contribution in [-0.4, -0.2) is 41.6 Å². The zero-order valence-electron chi connectivity index (χ0n) is 13.7. The summed E-state index contributed by atoms with van der Waals surface area (Å²) in [5.41, 5.74) is 2.44. The maximum absolute atomic E-state index is 12.4. The molecule has 0 saturated heterocycles. The first kappa shape index (κ1) is 16.4. The van der Waals surface area contributed by atoms with Gasteiger partial charge in [-0.25, -0.2) is 0 Å². The average molecular weight is 340 g/mol. The van der Waals surface area contributed by atoms with E-state index in [9.17, 15) is 4.79 Å². The Hall–Kier alpha value is -2.44. The SMILES string of the molecule is CN(C)C(CNC(=O)c1cc(-c2cccs2)[nH]n1)c1ccccc1. The van der Waals surface area contributed by atoms with E-state index in [0.29, 0.717) is 12.2 Å². The Morgan fingerprint density at radius 3 is 2.71 bits per heavy atom. The van der Waals surface area contributed by atoms with Crippen LogP contribution in [0.25, 0.3) is 10.6 Å². The normalized spacial score (nSPS) is 12.3. The van der Waals surface area contributed by atoms with Gasteiger partial charge < -0.3 is 10.2 Å². The van der Waals surface area contributed by atoms with E-state index in [1.165, 1.54) is 5.56 Å². The molecule has 0 saturated carbocycles. The lowest BCUT2D eigenvalue weighted by Crippen LogP contribution is -2.34. The highest BCUT2D eigenvalue weighted by Gasteiger charge is 2.17. The maximum Gasteiger partial charge on any atom is 0.271 e. The van der Waals surface area contributed by atoms with Gasteiger partial charge in [-0.1, -0.05) is 36.4 Å². The standard InChI is InChI=1S/C18H20N4OS/c1-22(2)16(13-7-4-3-5-8-13)12-19-18(23)15-11-14(20-21-15)17-9-6-10-24-17/h3-11,16H,12H2,1-2H3,(H,19,23)(H,20,21). The van der Waals surface area contributed by atoms with Crippen molar-refractivity contribution in [3.05, 3.63) is 65.2 Å². The van der Waals surface area contributed by atoms with E-state index in [1.54, 1.807) is 17.4 Å². The first-order valence-electron chi connectivity index (χ1n) is 7.74. The van der Waals surface area contributed by atoms with Gasteiger partial charge in [0.2, 0.25) is 0 Å². The Bertz CT molecular complexity index is 780. The van der Waals surface area contributed by atoms with Gasteiger partial charge in [0.25, 0.3) is 5.91 Å². The quantitative estimate of drug-likeness (QED) is 0.724. The van der Waals surface area contributed by atoms with Gasteiger partial charge >= 0.3 is 0 Å². The second-order valence-electron chi connectivity index (χ2n) is 5.74. The van der Waals surface area contributed by atoms with Gasteiger partial charge in [-0.3, -0.25) is 9.89 Å². The van der Waals surface area contributed by atoms with Crippen LogP contribution in [0.3, 0.4) is 0 Å². The minimum Gasteiger partial charge on any atom is -0.349 e. The highest BCUT2D eigenvalue weighted by atomic mass is 32.1. The molecule has 0 aliphatic heterocycles. The van der Waals surface area contributed by atoms with Gasteiger partial charge in [-0.05, 0) is 37.2 Å². The molecule has 1 unspecified atom stereocenters. The highest BCUT2D eigenvalue weighted by Crippen LogP contribution is 2.23. The molecular formula is C18H20N4OS. The number of aromatic amines is 1. The summed E-state index contributed by atoms with van der Waals surface area (Å²) in [6, 6.07) is 16.0. The molecule has 24 heavy (non-hydrogen) atoms. The van der Waals surface area contributed by atoms with Crippen molar-refractivity contribution < 1.29 is 4.79 Å². The molecule has 0 aliphatic rings. The minimum absolute atomic E-state index is 0.117. The number of aromatic nitrogens is 2. The lowest BCUT2D eigenvalue weighted by molar-refractivity contribution is 0.0937. The summed E-state index contributed by atoms with van der Waals surface area (Å²) in [7, 11) is 4.01. The van der Waals surface area contributed by atoms with Crippen molar-refractivity contribution in [3.8, 4) is 10.6 Å². The summed E-state index contributed by atoms with van der Waals surface area (Å²) in [6.45, 7) is 0.525. The third-order valence-electron chi connectivity index (χ3n) is 3.86. The van der Waals surface area contributed by atoms with Crippen molar-refractivity contribution >= 4 is 17.2 Å². The molecule has 0 spiro atoms. The van der Waals surface area contributed by atoms with Crippen LogP contribution < -0.4 is 5.32 Å². The number of nitrogens with zero attached hydrogens (tertiary/aromatic N) is 2. The number of carbonyl (C=O) groups is 1. The van der Waals surface area contributed by atoms with Crippen LogP contribution in [0.1, 0.15) is 22.1 Å². The van der Waals surface area contributed by atoms with Gasteiger partial charge in [-0.2, -0.15) is 5.10 Å². The number of benzene rings is 1. The van der Waals surface area contributed by atoms with Gasteiger partial charge in [0, 0.05) is 6.54 Å². The van der Waals surface area contributed by atoms with E-state index in [-0.39, 0.29) is 11.9 Å². The number of hydrogen-bond acceptors (Lipinski definition) is 4. The van der Waals surface area contributed by atoms with Crippen LogP contribution >= 0.6 is 11.3 Å². The topological polar surface area (TPSA) is 61.0 Å². The summed E-state index contributed by atoms with van der Waals surface area (Å²) in [5.74, 6) is -0.170. The molecule has 1 aromatic carbocycles. The smallest absolute Gasteiger partial charge is 0.271 e. The van der Waals surface area contributed by atoms with Crippen molar-refractivity contribution in [2.45, 2.75) is 6.04 Å². The molecule has 0 bridgehead atoms. The molecule has 1 atom stereocenters. The summed E-state index contributed by atoms with van der Waals surface area (Å²) < 4.78 is 0. The zero-order chi connectivity index (χ0) is 16.9. The molecule has 0 radical (unpaired) electrons. The van der Waals surface area contributed by atoms with Gasteiger partial charge in [0.05, 0.1) is 16.6 Å². The van der Waals surface area contributed by atoms with Crippen LogP contribution in [0.5, 0.6) is 0 Å². The minimum atomic E-state index is -0.170. The number of hydrogen-bond donors (Lipinski definition) is 2. The number of amides is 1. The highest BCUT2D eigenvalue weighted by molar-refractivity contribution is 7.13. The fourth-order valence-corrected chi connectivity index (χ4v) is 3.24. The molecule has 2 aromatic heterocycles. The summed E-state index contributed by atoms with van der Waals surface area (Å²) in [6.07, 6.45) is 0. The van der Waals surface area contributed by atoms with Gasteiger partial charge in [0.1, 0.15) is 0 Å². The van der Waals surface area contributed by atoms with Crippen LogP contribution in [-0.2, 0) is 0 Å². The Morgan fingerprint density at radius 2 is 2.04 bits per heavy atom. The van der Waals surface area contributed by atoms with Crippen molar-refractivity contribution in [1.29, 1.82) is 0 Å². The van der Waals surface area contributed by atoms with Crippen molar-refractivity contribution in [2.24, 2.45) is 0 Å². The Balaban J connectivity index is 1.66. The number of thiophene rings is 1. The van der Waals surface area contributed by atoms with Crippen molar-refractivity contribution in [3.63, 3.8) is 0 Å². The largest absolute Gasteiger partial charge is 0.349 e.